The van der Waals surface area contributed by atoms with Gasteiger partial charge in [0.15, 0.2) is 5.54 Å². The zero-order valence-electron chi connectivity index (χ0n) is 12.8. The van der Waals surface area contributed by atoms with Gasteiger partial charge in [-0.2, -0.15) is 5.10 Å². The molecule has 0 N–H and O–H groups in total. The van der Waals surface area contributed by atoms with Crippen molar-refractivity contribution in [3.63, 3.8) is 0 Å². The standard InChI is InChI=1S/C17H22N2O2/c1-3-13-7-8-14-12-19(18-15(14)11-13)17(16(20)21-2)9-5-4-6-10-17/h7-8,11-12H,3-6,9-10H2,1-2H3. The number of benzene rings is 1. The molecular weight excluding hydrogens is 264 g/mol. The van der Waals surface area contributed by atoms with Crippen LogP contribution in [-0.2, 0) is 21.5 Å². The minimum Gasteiger partial charge on any atom is -0.467 e. The van der Waals surface area contributed by atoms with E-state index in [4.69, 9.17) is 9.84 Å². The highest BCUT2D eigenvalue weighted by atomic mass is 16.5. The molecule has 0 unspecified atom stereocenters. The van der Waals surface area contributed by atoms with Crippen LogP contribution in [-0.4, -0.2) is 22.9 Å². The van der Waals surface area contributed by atoms with Gasteiger partial charge in [-0.05, 0) is 30.9 Å². The molecule has 3 rings (SSSR count). The normalized spacial score (nSPS) is 17.8. The lowest BCUT2D eigenvalue weighted by atomic mass is 9.82. The second-order valence-electron chi connectivity index (χ2n) is 5.90. The summed E-state index contributed by atoms with van der Waals surface area (Å²) < 4.78 is 6.95. The van der Waals surface area contributed by atoms with Crippen LogP contribution < -0.4 is 0 Å². The van der Waals surface area contributed by atoms with E-state index in [2.05, 4.69) is 25.1 Å². The van der Waals surface area contributed by atoms with Gasteiger partial charge in [-0.1, -0.05) is 38.3 Å². The quantitative estimate of drug-likeness (QED) is 0.812. The maximum Gasteiger partial charge on any atom is 0.333 e. The van der Waals surface area contributed by atoms with Crippen molar-refractivity contribution >= 4 is 16.9 Å². The Morgan fingerprint density at radius 3 is 2.76 bits per heavy atom. The Kier molecular flexibility index (Phi) is 3.70. The Hall–Kier alpha value is -1.84. The molecule has 0 bridgehead atoms. The van der Waals surface area contributed by atoms with Crippen LogP contribution in [0.5, 0.6) is 0 Å². The Morgan fingerprint density at radius 1 is 1.33 bits per heavy atom. The fraction of sp³-hybridized carbons (Fsp3) is 0.529. The van der Waals surface area contributed by atoms with Gasteiger partial charge in [0.1, 0.15) is 0 Å². The number of carbonyl (C=O) groups is 1. The number of carbonyl (C=O) groups excluding carboxylic acids is 1. The Morgan fingerprint density at radius 2 is 2.10 bits per heavy atom. The second-order valence-corrected chi connectivity index (χ2v) is 5.90. The maximum atomic E-state index is 12.4. The molecule has 0 aliphatic heterocycles. The van der Waals surface area contributed by atoms with Gasteiger partial charge in [0.25, 0.3) is 0 Å². The summed E-state index contributed by atoms with van der Waals surface area (Å²) in [5.74, 6) is -0.161. The number of rotatable bonds is 3. The lowest BCUT2D eigenvalue weighted by molar-refractivity contribution is -0.154. The first-order valence-corrected chi connectivity index (χ1v) is 7.77. The van der Waals surface area contributed by atoms with E-state index in [1.165, 1.54) is 19.1 Å². The number of hydrogen-bond donors (Lipinski definition) is 0. The van der Waals surface area contributed by atoms with E-state index in [1.807, 2.05) is 10.9 Å². The van der Waals surface area contributed by atoms with Crippen molar-refractivity contribution in [2.24, 2.45) is 0 Å². The number of aryl methyl sites for hydroxylation is 1. The second kappa shape index (κ2) is 5.51. The zero-order chi connectivity index (χ0) is 14.9. The maximum absolute atomic E-state index is 12.4. The highest BCUT2D eigenvalue weighted by molar-refractivity contribution is 5.82. The fourth-order valence-corrected chi connectivity index (χ4v) is 3.35. The summed E-state index contributed by atoms with van der Waals surface area (Å²) in [6, 6.07) is 6.32. The molecule has 0 saturated heterocycles. The van der Waals surface area contributed by atoms with E-state index in [9.17, 15) is 4.79 Å². The number of fused-ring (bicyclic) bond motifs is 1. The van der Waals surface area contributed by atoms with Crippen molar-refractivity contribution in [1.29, 1.82) is 0 Å². The van der Waals surface area contributed by atoms with Crippen LogP contribution >= 0.6 is 0 Å². The summed E-state index contributed by atoms with van der Waals surface area (Å²) in [5.41, 5.74) is 1.62. The fourth-order valence-electron chi connectivity index (χ4n) is 3.35. The van der Waals surface area contributed by atoms with E-state index >= 15 is 0 Å². The molecule has 1 fully saturated rings. The van der Waals surface area contributed by atoms with Crippen molar-refractivity contribution in [3.05, 3.63) is 30.0 Å². The highest BCUT2D eigenvalue weighted by Gasteiger charge is 2.43. The first-order valence-electron chi connectivity index (χ1n) is 7.77. The minimum absolute atomic E-state index is 0.161. The zero-order valence-corrected chi connectivity index (χ0v) is 12.8. The Bertz CT molecular complexity index is 654. The smallest absolute Gasteiger partial charge is 0.333 e. The molecule has 21 heavy (non-hydrogen) atoms. The summed E-state index contributed by atoms with van der Waals surface area (Å²) in [5, 5.41) is 5.79. The Balaban J connectivity index is 2.08. The number of methoxy groups -OCH3 is 1. The van der Waals surface area contributed by atoms with Gasteiger partial charge in [-0.3, -0.25) is 4.68 Å². The van der Waals surface area contributed by atoms with Gasteiger partial charge in [-0.25, -0.2) is 4.79 Å². The van der Waals surface area contributed by atoms with Crippen LogP contribution in [0.2, 0.25) is 0 Å². The topological polar surface area (TPSA) is 44.1 Å². The molecule has 4 heteroatoms. The summed E-state index contributed by atoms with van der Waals surface area (Å²) in [6.45, 7) is 2.13. The van der Waals surface area contributed by atoms with Gasteiger partial charge >= 0.3 is 5.97 Å². The van der Waals surface area contributed by atoms with Crippen LogP contribution in [0.1, 0.15) is 44.6 Å². The summed E-state index contributed by atoms with van der Waals surface area (Å²) in [7, 11) is 1.47. The van der Waals surface area contributed by atoms with Crippen LogP contribution in [0.25, 0.3) is 10.9 Å². The third-order valence-electron chi connectivity index (χ3n) is 4.66. The molecule has 0 spiro atoms. The van der Waals surface area contributed by atoms with Crippen LogP contribution in [0, 0.1) is 0 Å². The lowest BCUT2D eigenvalue weighted by Crippen LogP contribution is -2.44. The van der Waals surface area contributed by atoms with Crippen molar-refractivity contribution in [1.82, 2.24) is 9.78 Å². The monoisotopic (exact) mass is 286 g/mol. The SMILES string of the molecule is CCc1ccc2cn(C3(C(=O)OC)CCCCC3)nc2c1. The molecule has 1 saturated carbocycles. The average molecular weight is 286 g/mol. The third kappa shape index (κ3) is 2.33. The average Bonchev–Trinajstić information content (AvgIpc) is 2.98. The van der Waals surface area contributed by atoms with Crippen LogP contribution in [0.15, 0.2) is 24.4 Å². The molecule has 0 atom stereocenters. The number of ether oxygens (including phenoxy) is 1. The largest absolute Gasteiger partial charge is 0.467 e. The highest BCUT2D eigenvalue weighted by Crippen LogP contribution is 2.36. The first-order chi connectivity index (χ1) is 10.2. The number of esters is 1. The molecule has 0 amide bonds. The predicted molar refractivity (Wildman–Crippen MR) is 82.2 cm³/mol. The van der Waals surface area contributed by atoms with E-state index in [0.29, 0.717) is 0 Å². The Labute approximate surface area is 125 Å². The van der Waals surface area contributed by atoms with Crippen LogP contribution in [0.3, 0.4) is 0 Å². The third-order valence-corrected chi connectivity index (χ3v) is 4.66. The van der Waals surface area contributed by atoms with Crippen molar-refractivity contribution < 1.29 is 9.53 Å². The summed E-state index contributed by atoms with van der Waals surface area (Å²) >= 11 is 0. The predicted octanol–water partition coefficient (Wildman–Crippen LogP) is 3.43. The molecule has 0 radical (unpaired) electrons. The molecule has 2 aromatic rings. The summed E-state index contributed by atoms with van der Waals surface area (Å²) in [4.78, 5) is 12.4. The number of nitrogens with zero attached hydrogens (tertiary/aromatic N) is 2. The molecule has 4 nitrogen and oxygen atoms in total. The molecular formula is C17H22N2O2. The van der Waals surface area contributed by atoms with Crippen LogP contribution in [0.4, 0.5) is 0 Å². The van der Waals surface area contributed by atoms with Crippen molar-refractivity contribution in [2.45, 2.75) is 51.0 Å². The van der Waals surface area contributed by atoms with Gasteiger partial charge < -0.3 is 4.74 Å². The van der Waals surface area contributed by atoms with Crippen molar-refractivity contribution in [2.75, 3.05) is 7.11 Å². The molecule has 112 valence electrons. The van der Waals surface area contributed by atoms with Gasteiger partial charge in [0.2, 0.25) is 0 Å². The van der Waals surface area contributed by atoms with E-state index in [0.717, 1.165) is 43.0 Å². The molecule has 1 aliphatic rings. The number of aromatic nitrogens is 2. The molecule has 1 aliphatic carbocycles. The lowest BCUT2D eigenvalue weighted by Gasteiger charge is -2.34. The first kappa shape index (κ1) is 14.1. The van der Waals surface area contributed by atoms with Crippen molar-refractivity contribution in [3.8, 4) is 0 Å². The molecule has 1 aromatic heterocycles. The van der Waals surface area contributed by atoms with E-state index in [-0.39, 0.29) is 5.97 Å². The van der Waals surface area contributed by atoms with E-state index in [1.54, 1.807) is 0 Å². The van der Waals surface area contributed by atoms with Gasteiger partial charge in [-0.15, -0.1) is 0 Å². The molecule has 1 heterocycles. The molecule has 1 aromatic carbocycles. The van der Waals surface area contributed by atoms with Gasteiger partial charge in [0.05, 0.1) is 12.6 Å². The van der Waals surface area contributed by atoms with E-state index < -0.39 is 5.54 Å². The number of hydrogen-bond acceptors (Lipinski definition) is 3. The van der Waals surface area contributed by atoms with Gasteiger partial charge in [0, 0.05) is 11.6 Å². The minimum atomic E-state index is -0.613. The summed E-state index contributed by atoms with van der Waals surface area (Å²) in [6.07, 6.45) is 7.89.